The average Bonchev–Trinajstić information content (AvgIpc) is 3.27. The summed E-state index contributed by atoms with van der Waals surface area (Å²) >= 11 is 9.08. The van der Waals surface area contributed by atoms with Crippen molar-refractivity contribution in [2.24, 2.45) is 0 Å². The first-order chi connectivity index (χ1) is 12.6. The van der Waals surface area contributed by atoms with Crippen LogP contribution in [-0.2, 0) is 6.54 Å². The zero-order valence-corrected chi connectivity index (χ0v) is 16.2. The van der Waals surface area contributed by atoms with E-state index in [9.17, 15) is 4.79 Å². The van der Waals surface area contributed by atoms with Gasteiger partial charge in [0.25, 0.3) is 5.91 Å². The van der Waals surface area contributed by atoms with Crippen molar-refractivity contribution < 1.29 is 4.79 Å². The number of fused-ring (bicyclic) bond motifs is 1. The molecule has 4 nitrogen and oxygen atoms in total. The number of rotatable bonds is 4. The van der Waals surface area contributed by atoms with Gasteiger partial charge < -0.3 is 4.90 Å². The van der Waals surface area contributed by atoms with E-state index in [1.165, 1.54) is 11.3 Å². The van der Waals surface area contributed by atoms with Crippen molar-refractivity contribution in [3.05, 3.63) is 69.6 Å². The SMILES string of the molecule is CN(Cc1nc2ccccc2s1)C(=O)c1csc(-c2cccc(Cl)c2)n1. The molecule has 0 saturated heterocycles. The zero-order chi connectivity index (χ0) is 18.1. The van der Waals surface area contributed by atoms with Gasteiger partial charge in [-0.05, 0) is 24.3 Å². The fraction of sp³-hybridized carbons (Fsp3) is 0.105. The van der Waals surface area contributed by atoms with Gasteiger partial charge in [0.1, 0.15) is 15.7 Å². The number of amides is 1. The quantitative estimate of drug-likeness (QED) is 0.465. The monoisotopic (exact) mass is 399 g/mol. The van der Waals surface area contributed by atoms with Crippen molar-refractivity contribution in [1.29, 1.82) is 0 Å². The van der Waals surface area contributed by atoms with Crippen LogP contribution >= 0.6 is 34.3 Å². The number of benzene rings is 2. The van der Waals surface area contributed by atoms with Gasteiger partial charge in [-0.15, -0.1) is 22.7 Å². The predicted octanol–water partition coefficient (Wildman–Crippen LogP) is 5.35. The number of carbonyl (C=O) groups excluding carboxylic acids is 1. The maximum atomic E-state index is 12.7. The lowest BCUT2D eigenvalue weighted by Crippen LogP contribution is -2.26. The highest BCUT2D eigenvalue weighted by Gasteiger charge is 2.18. The molecule has 1 amide bonds. The summed E-state index contributed by atoms with van der Waals surface area (Å²) < 4.78 is 1.13. The average molecular weight is 400 g/mol. The Morgan fingerprint density at radius 1 is 1.15 bits per heavy atom. The van der Waals surface area contributed by atoms with Gasteiger partial charge in [-0.2, -0.15) is 0 Å². The summed E-state index contributed by atoms with van der Waals surface area (Å²) in [5.74, 6) is -0.117. The number of nitrogens with zero attached hydrogens (tertiary/aromatic N) is 3. The number of hydrogen-bond donors (Lipinski definition) is 0. The number of aromatic nitrogens is 2. The lowest BCUT2D eigenvalue weighted by atomic mass is 10.2. The standard InChI is InChI=1S/C19H14ClN3OS2/c1-23(10-17-21-14-7-2-3-8-16(14)26-17)19(24)15-11-25-18(22-15)12-5-4-6-13(20)9-12/h2-9,11H,10H2,1H3. The van der Waals surface area contributed by atoms with E-state index in [-0.39, 0.29) is 5.91 Å². The molecule has 0 aliphatic carbocycles. The third-order valence-corrected chi connectivity index (χ3v) is 6.00. The van der Waals surface area contributed by atoms with E-state index in [0.29, 0.717) is 17.3 Å². The smallest absolute Gasteiger partial charge is 0.273 e. The third-order valence-electron chi connectivity index (χ3n) is 3.85. The van der Waals surface area contributed by atoms with Crippen LogP contribution in [0.2, 0.25) is 5.02 Å². The predicted molar refractivity (Wildman–Crippen MR) is 108 cm³/mol. The molecule has 2 heterocycles. The minimum atomic E-state index is -0.117. The second-order valence-corrected chi connectivity index (χ2v) is 8.19. The summed E-state index contributed by atoms with van der Waals surface area (Å²) in [5.41, 5.74) is 2.31. The second kappa shape index (κ2) is 7.15. The Morgan fingerprint density at radius 2 is 2.00 bits per heavy atom. The van der Waals surface area contributed by atoms with Crippen molar-refractivity contribution in [2.75, 3.05) is 7.05 Å². The highest BCUT2D eigenvalue weighted by molar-refractivity contribution is 7.18. The largest absolute Gasteiger partial charge is 0.334 e. The summed E-state index contributed by atoms with van der Waals surface area (Å²) in [6.45, 7) is 0.461. The van der Waals surface area contributed by atoms with Gasteiger partial charge in [0, 0.05) is 23.0 Å². The Kier molecular flexibility index (Phi) is 4.72. The molecule has 0 unspecified atom stereocenters. The molecule has 0 fully saturated rings. The molecule has 0 aliphatic rings. The highest BCUT2D eigenvalue weighted by Crippen LogP contribution is 2.27. The van der Waals surface area contributed by atoms with Crippen LogP contribution in [0.15, 0.2) is 53.9 Å². The van der Waals surface area contributed by atoms with Crippen LogP contribution in [0.4, 0.5) is 0 Å². The third kappa shape index (κ3) is 3.49. The van der Waals surface area contributed by atoms with E-state index in [1.807, 2.05) is 48.5 Å². The molecule has 2 aromatic heterocycles. The van der Waals surface area contributed by atoms with E-state index < -0.39 is 0 Å². The molecule has 26 heavy (non-hydrogen) atoms. The summed E-state index contributed by atoms with van der Waals surface area (Å²) in [4.78, 5) is 23.4. The van der Waals surface area contributed by atoms with Gasteiger partial charge in [-0.25, -0.2) is 9.97 Å². The molecule has 0 bridgehead atoms. The summed E-state index contributed by atoms with van der Waals surface area (Å²) in [7, 11) is 1.77. The number of hydrogen-bond acceptors (Lipinski definition) is 5. The highest BCUT2D eigenvalue weighted by atomic mass is 35.5. The zero-order valence-electron chi connectivity index (χ0n) is 13.8. The van der Waals surface area contributed by atoms with Crippen LogP contribution in [0.5, 0.6) is 0 Å². The van der Waals surface area contributed by atoms with Crippen molar-refractivity contribution in [2.45, 2.75) is 6.54 Å². The van der Waals surface area contributed by atoms with E-state index in [1.54, 1.807) is 28.7 Å². The van der Waals surface area contributed by atoms with Gasteiger partial charge >= 0.3 is 0 Å². The van der Waals surface area contributed by atoms with Gasteiger partial charge in [0.15, 0.2) is 0 Å². The normalized spacial score (nSPS) is 11.0. The Hall–Kier alpha value is -2.28. The van der Waals surface area contributed by atoms with Gasteiger partial charge in [-0.1, -0.05) is 35.9 Å². The van der Waals surface area contributed by atoms with Crippen molar-refractivity contribution >= 4 is 50.4 Å². The molecular formula is C19H14ClN3OS2. The molecule has 2 aromatic carbocycles. The number of halogens is 1. The summed E-state index contributed by atoms with van der Waals surface area (Å²) in [6, 6.07) is 15.4. The van der Waals surface area contributed by atoms with E-state index in [4.69, 9.17) is 11.6 Å². The Balaban J connectivity index is 1.51. The summed E-state index contributed by atoms with van der Waals surface area (Å²) in [6.07, 6.45) is 0. The van der Waals surface area contributed by atoms with Crippen LogP contribution in [-0.4, -0.2) is 27.8 Å². The fourth-order valence-electron chi connectivity index (χ4n) is 2.58. The molecule has 7 heteroatoms. The molecule has 4 rings (SSSR count). The van der Waals surface area contributed by atoms with Crippen molar-refractivity contribution in [1.82, 2.24) is 14.9 Å². The number of carbonyl (C=O) groups is 1. The molecule has 0 spiro atoms. The Morgan fingerprint density at radius 3 is 2.81 bits per heavy atom. The molecule has 0 radical (unpaired) electrons. The van der Waals surface area contributed by atoms with Crippen LogP contribution in [0.25, 0.3) is 20.8 Å². The number of para-hydroxylation sites is 1. The second-order valence-electron chi connectivity index (χ2n) is 5.78. The molecule has 130 valence electrons. The Labute approximate surface area is 163 Å². The minimum Gasteiger partial charge on any atom is -0.334 e. The van der Waals surface area contributed by atoms with Crippen LogP contribution < -0.4 is 0 Å². The minimum absolute atomic E-state index is 0.117. The fourth-order valence-corrected chi connectivity index (χ4v) is 4.59. The molecular weight excluding hydrogens is 386 g/mol. The van der Waals surface area contributed by atoms with Gasteiger partial charge in [0.05, 0.1) is 16.8 Å². The lowest BCUT2D eigenvalue weighted by Gasteiger charge is -2.13. The topological polar surface area (TPSA) is 46.1 Å². The maximum Gasteiger partial charge on any atom is 0.273 e. The van der Waals surface area contributed by atoms with Crippen LogP contribution in [0.3, 0.4) is 0 Å². The van der Waals surface area contributed by atoms with Crippen LogP contribution in [0, 0.1) is 0 Å². The lowest BCUT2D eigenvalue weighted by molar-refractivity contribution is 0.0780. The first-order valence-corrected chi connectivity index (χ1v) is 9.99. The van der Waals surface area contributed by atoms with E-state index >= 15 is 0 Å². The van der Waals surface area contributed by atoms with Gasteiger partial charge in [0.2, 0.25) is 0 Å². The number of thiazole rings is 2. The maximum absolute atomic E-state index is 12.7. The van der Waals surface area contributed by atoms with E-state index in [2.05, 4.69) is 9.97 Å². The summed E-state index contributed by atoms with van der Waals surface area (Å²) in [5, 5.41) is 4.13. The molecule has 0 atom stereocenters. The van der Waals surface area contributed by atoms with Crippen molar-refractivity contribution in [3.63, 3.8) is 0 Å². The van der Waals surface area contributed by atoms with Crippen LogP contribution in [0.1, 0.15) is 15.5 Å². The molecule has 0 N–H and O–H groups in total. The first kappa shape index (κ1) is 17.1. The molecule has 0 aliphatic heterocycles. The molecule has 4 aromatic rings. The van der Waals surface area contributed by atoms with Gasteiger partial charge in [-0.3, -0.25) is 4.79 Å². The molecule has 0 saturated carbocycles. The van der Waals surface area contributed by atoms with E-state index in [0.717, 1.165) is 25.8 Å². The Bertz CT molecular complexity index is 1060. The first-order valence-electron chi connectivity index (χ1n) is 7.91. The van der Waals surface area contributed by atoms with Crippen molar-refractivity contribution in [3.8, 4) is 10.6 Å².